The van der Waals surface area contributed by atoms with Crippen molar-refractivity contribution in [2.24, 2.45) is 5.41 Å². The Morgan fingerprint density at radius 2 is 2.24 bits per heavy atom. The van der Waals surface area contributed by atoms with E-state index in [-0.39, 0.29) is 0 Å². The Morgan fingerprint density at radius 3 is 2.86 bits per heavy atom. The number of hydrogen-bond acceptors (Lipinski definition) is 4. The highest BCUT2D eigenvalue weighted by molar-refractivity contribution is 5.61. The highest BCUT2D eigenvalue weighted by Crippen LogP contribution is 2.34. The normalized spacial score (nSPS) is 17.0. The number of hydrogen-bond donors (Lipinski definition) is 1. The van der Waals surface area contributed by atoms with E-state index in [0.29, 0.717) is 12.0 Å². The van der Waals surface area contributed by atoms with Gasteiger partial charge < -0.3 is 15.0 Å². The van der Waals surface area contributed by atoms with Crippen molar-refractivity contribution < 1.29 is 4.74 Å². The summed E-state index contributed by atoms with van der Waals surface area (Å²) in [6.07, 6.45) is 1.18. The molecule has 114 valence electrons. The van der Waals surface area contributed by atoms with Gasteiger partial charge in [0, 0.05) is 33.3 Å². The van der Waals surface area contributed by atoms with Crippen molar-refractivity contribution in [1.29, 1.82) is 5.26 Å². The number of rotatable bonds is 6. The number of benzene rings is 1. The van der Waals surface area contributed by atoms with Crippen LogP contribution in [0.2, 0.25) is 0 Å². The molecule has 0 aromatic heterocycles. The Labute approximate surface area is 127 Å². The summed E-state index contributed by atoms with van der Waals surface area (Å²) >= 11 is 0. The molecule has 0 atom stereocenters. The highest BCUT2D eigenvalue weighted by atomic mass is 16.5. The Bertz CT molecular complexity index is 519. The Hall–Kier alpha value is -1.57. The lowest BCUT2D eigenvalue weighted by atomic mass is 9.93. The van der Waals surface area contributed by atoms with Crippen molar-refractivity contribution in [1.82, 2.24) is 5.32 Å². The van der Waals surface area contributed by atoms with Crippen LogP contribution in [0.15, 0.2) is 18.2 Å². The van der Waals surface area contributed by atoms with Gasteiger partial charge in [-0.2, -0.15) is 5.26 Å². The standard InChI is InChI=1S/C17H25N3O/c1-17(2)6-8-20(13-17)16-5-4-14(10-15(16)11-18)12-19-7-9-21-3/h4-5,10,19H,6-9,12-13H2,1-3H3. The van der Waals surface area contributed by atoms with Crippen LogP contribution in [0.3, 0.4) is 0 Å². The summed E-state index contributed by atoms with van der Waals surface area (Å²) in [6.45, 7) is 8.91. The summed E-state index contributed by atoms with van der Waals surface area (Å²) in [7, 11) is 1.70. The van der Waals surface area contributed by atoms with Gasteiger partial charge in [-0.05, 0) is 29.5 Å². The van der Waals surface area contributed by atoms with E-state index in [1.165, 1.54) is 6.42 Å². The predicted molar refractivity (Wildman–Crippen MR) is 85.4 cm³/mol. The average molecular weight is 287 g/mol. The second-order valence-electron chi connectivity index (χ2n) is 6.47. The molecule has 4 nitrogen and oxygen atoms in total. The summed E-state index contributed by atoms with van der Waals surface area (Å²) in [5.74, 6) is 0. The number of anilines is 1. The van der Waals surface area contributed by atoms with E-state index in [1.807, 2.05) is 6.07 Å². The molecular weight excluding hydrogens is 262 g/mol. The lowest BCUT2D eigenvalue weighted by molar-refractivity contribution is 0.199. The minimum absolute atomic E-state index is 0.340. The third-order valence-electron chi connectivity index (χ3n) is 4.01. The first-order valence-corrected chi connectivity index (χ1v) is 7.53. The Kier molecular flexibility index (Phi) is 5.22. The minimum atomic E-state index is 0.340. The van der Waals surface area contributed by atoms with Gasteiger partial charge in [0.15, 0.2) is 0 Å². The summed E-state index contributed by atoms with van der Waals surface area (Å²) < 4.78 is 5.01. The summed E-state index contributed by atoms with van der Waals surface area (Å²) in [6, 6.07) is 8.55. The first-order valence-electron chi connectivity index (χ1n) is 7.53. The van der Waals surface area contributed by atoms with Gasteiger partial charge in [0.25, 0.3) is 0 Å². The fraction of sp³-hybridized carbons (Fsp3) is 0.588. The molecule has 0 spiro atoms. The summed E-state index contributed by atoms with van der Waals surface area (Å²) in [5, 5.41) is 12.7. The van der Waals surface area contributed by atoms with E-state index in [9.17, 15) is 5.26 Å². The predicted octanol–water partition coefficient (Wildman–Crippen LogP) is 2.53. The van der Waals surface area contributed by atoms with Crippen LogP contribution in [0, 0.1) is 16.7 Å². The average Bonchev–Trinajstić information content (AvgIpc) is 2.83. The quantitative estimate of drug-likeness (QED) is 0.817. The molecule has 0 radical (unpaired) electrons. The lowest BCUT2D eigenvalue weighted by Gasteiger charge is -2.23. The molecule has 1 saturated heterocycles. The SMILES string of the molecule is COCCNCc1ccc(N2CCC(C)(C)C2)c(C#N)c1. The van der Waals surface area contributed by atoms with Crippen LogP contribution in [0.5, 0.6) is 0 Å². The first-order chi connectivity index (χ1) is 10.1. The van der Waals surface area contributed by atoms with Crippen molar-refractivity contribution in [2.75, 3.05) is 38.3 Å². The number of nitrogens with one attached hydrogen (secondary N) is 1. The van der Waals surface area contributed by atoms with Crippen LogP contribution in [0.4, 0.5) is 5.69 Å². The topological polar surface area (TPSA) is 48.3 Å². The molecule has 1 aliphatic rings. The van der Waals surface area contributed by atoms with Crippen LogP contribution >= 0.6 is 0 Å². The van der Waals surface area contributed by atoms with Crippen LogP contribution in [-0.4, -0.2) is 33.4 Å². The largest absolute Gasteiger partial charge is 0.383 e. The second kappa shape index (κ2) is 6.93. The summed E-state index contributed by atoms with van der Waals surface area (Å²) in [5.41, 5.74) is 3.33. The first kappa shape index (κ1) is 15.8. The maximum absolute atomic E-state index is 9.43. The van der Waals surface area contributed by atoms with Crippen molar-refractivity contribution in [3.05, 3.63) is 29.3 Å². The third-order valence-corrected chi connectivity index (χ3v) is 4.01. The van der Waals surface area contributed by atoms with Crippen LogP contribution in [-0.2, 0) is 11.3 Å². The zero-order valence-corrected chi connectivity index (χ0v) is 13.3. The molecule has 2 rings (SSSR count). The van der Waals surface area contributed by atoms with Gasteiger partial charge in [0.05, 0.1) is 17.9 Å². The van der Waals surface area contributed by atoms with Crippen LogP contribution in [0.25, 0.3) is 0 Å². The molecule has 0 unspecified atom stereocenters. The van der Waals surface area contributed by atoms with Crippen LogP contribution in [0.1, 0.15) is 31.4 Å². The zero-order valence-electron chi connectivity index (χ0n) is 13.3. The number of ether oxygens (including phenoxy) is 1. The van der Waals surface area contributed by atoms with E-state index >= 15 is 0 Å². The molecule has 1 aromatic rings. The third kappa shape index (κ3) is 4.20. The molecular formula is C17H25N3O. The van der Waals surface area contributed by atoms with Gasteiger partial charge in [0.1, 0.15) is 6.07 Å². The molecule has 0 amide bonds. The van der Waals surface area contributed by atoms with E-state index in [4.69, 9.17) is 4.74 Å². The van der Waals surface area contributed by atoms with Gasteiger partial charge in [-0.15, -0.1) is 0 Å². The molecule has 0 aliphatic carbocycles. The van der Waals surface area contributed by atoms with Crippen molar-refractivity contribution in [3.63, 3.8) is 0 Å². The van der Waals surface area contributed by atoms with E-state index in [2.05, 4.69) is 42.3 Å². The maximum Gasteiger partial charge on any atom is 0.101 e. The van der Waals surface area contributed by atoms with Gasteiger partial charge in [0.2, 0.25) is 0 Å². The smallest absolute Gasteiger partial charge is 0.101 e. The number of methoxy groups -OCH3 is 1. The van der Waals surface area contributed by atoms with E-state index < -0.39 is 0 Å². The molecule has 21 heavy (non-hydrogen) atoms. The van der Waals surface area contributed by atoms with Crippen molar-refractivity contribution in [2.45, 2.75) is 26.8 Å². The fourth-order valence-corrected chi connectivity index (χ4v) is 2.78. The zero-order chi connectivity index (χ0) is 15.3. The monoisotopic (exact) mass is 287 g/mol. The van der Waals surface area contributed by atoms with Crippen molar-refractivity contribution in [3.8, 4) is 6.07 Å². The molecule has 1 aromatic carbocycles. The van der Waals surface area contributed by atoms with Crippen LogP contribution < -0.4 is 10.2 Å². The van der Waals surface area contributed by atoms with Gasteiger partial charge >= 0.3 is 0 Å². The summed E-state index contributed by atoms with van der Waals surface area (Å²) in [4.78, 5) is 2.33. The highest BCUT2D eigenvalue weighted by Gasteiger charge is 2.30. The second-order valence-corrected chi connectivity index (χ2v) is 6.47. The molecule has 0 bridgehead atoms. The number of nitriles is 1. The van der Waals surface area contributed by atoms with Gasteiger partial charge in [-0.1, -0.05) is 19.9 Å². The van der Waals surface area contributed by atoms with Gasteiger partial charge in [-0.25, -0.2) is 0 Å². The fourth-order valence-electron chi connectivity index (χ4n) is 2.78. The molecule has 1 N–H and O–H groups in total. The Morgan fingerprint density at radius 1 is 1.43 bits per heavy atom. The van der Waals surface area contributed by atoms with E-state index in [0.717, 1.165) is 43.0 Å². The molecule has 1 fully saturated rings. The van der Waals surface area contributed by atoms with Gasteiger partial charge in [-0.3, -0.25) is 0 Å². The maximum atomic E-state index is 9.43. The molecule has 1 aliphatic heterocycles. The van der Waals surface area contributed by atoms with E-state index in [1.54, 1.807) is 7.11 Å². The molecule has 0 saturated carbocycles. The minimum Gasteiger partial charge on any atom is -0.383 e. The van der Waals surface area contributed by atoms with Crippen molar-refractivity contribution >= 4 is 5.69 Å². The lowest BCUT2D eigenvalue weighted by Crippen LogP contribution is -2.23. The molecule has 1 heterocycles. The Balaban J connectivity index is 2.05. The molecule has 4 heteroatoms. The number of nitrogens with zero attached hydrogens (tertiary/aromatic N) is 2.